The summed E-state index contributed by atoms with van der Waals surface area (Å²) in [5.74, 6) is -0.301. The Kier molecular flexibility index (Phi) is 2.86. The van der Waals surface area contributed by atoms with Crippen molar-refractivity contribution in [2.45, 2.75) is 24.8 Å². The van der Waals surface area contributed by atoms with E-state index in [0.717, 1.165) is 32.4 Å². The number of likely N-dealkylation sites (tertiary alicyclic amines) is 1. The van der Waals surface area contributed by atoms with Crippen molar-refractivity contribution in [3.05, 3.63) is 23.8 Å². The second-order valence-electron chi connectivity index (χ2n) is 5.18. The number of benzene rings is 1. The van der Waals surface area contributed by atoms with Crippen molar-refractivity contribution in [3.8, 4) is 11.5 Å². The van der Waals surface area contributed by atoms with Gasteiger partial charge in [0.2, 0.25) is 0 Å². The van der Waals surface area contributed by atoms with Crippen LogP contribution in [-0.4, -0.2) is 40.8 Å². The number of nitrogens with zero attached hydrogens (tertiary/aromatic N) is 1. The zero-order valence-corrected chi connectivity index (χ0v) is 10.6. The zero-order valence-electron chi connectivity index (χ0n) is 10.6. The molecule has 19 heavy (non-hydrogen) atoms. The van der Waals surface area contributed by atoms with Crippen LogP contribution in [0, 0.1) is 0 Å². The van der Waals surface area contributed by atoms with Crippen LogP contribution >= 0.6 is 0 Å². The normalized spacial score (nSPS) is 26.7. The molecule has 1 aromatic carbocycles. The fourth-order valence-corrected chi connectivity index (χ4v) is 3.08. The van der Waals surface area contributed by atoms with E-state index in [1.54, 1.807) is 6.07 Å². The second-order valence-corrected chi connectivity index (χ2v) is 5.18. The fraction of sp³-hybridized carbons (Fsp3) is 0.500. The standard InChI is InChI=1S/C14H17NO4/c16-10-4-5-11-12(8-10)19-9-14(11,13(17)18)15-6-2-1-3-7-15/h4-5,8,16H,1-3,6-7,9H2,(H,17,18). The number of carboxylic acids is 1. The summed E-state index contributed by atoms with van der Waals surface area (Å²) in [6, 6.07) is 4.68. The van der Waals surface area contributed by atoms with E-state index >= 15 is 0 Å². The average molecular weight is 263 g/mol. The summed E-state index contributed by atoms with van der Waals surface area (Å²) in [6.45, 7) is 1.66. The lowest BCUT2D eigenvalue weighted by atomic mass is 9.88. The predicted octanol–water partition coefficient (Wildman–Crippen LogP) is 1.55. The number of rotatable bonds is 2. The molecule has 1 unspecified atom stereocenters. The molecule has 0 saturated carbocycles. The molecule has 1 saturated heterocycles. The average Bonchev–Trinajstić information content (AvgIpc) is 2.79. The van der Waals surface area contributed by atoms with Crippen LogP contribution in [-0.2, 0) is 10.3 Å². The van der Waals surface area contributed by atoms with Gasteiger partial charge in [0.05, 0.1) is 0 Å². The molecule has 0 aliphatic carbocycles. The molecule has 1 atom stereocenters. The van der Waals surface area contributed by atoms with Gasteiger partial charge in [-0.1, -0.05) is 6.42 Å². The molecular weight excluding hydrogens is 246 g/mol. The molecule has 5 heteroatoms. The molecular formula is C14H17NO4. The number of aliphatic carboxylic acids is 1. The number of aromatic hydroxyl groups is 1. The van der Waals surface area contributed by atoms with E-state index in [1.807, 2.05) is 4.90 Å². The topological polar surface area (TPSA) is 70.0 Å². The monoisotopic (exact) mass is 263 g/mol. The maximum absolute atomic E-state index is 11.9. The third-order valence-corrected chi connectivity index (χ3v) is 4.10. The van der Waals surface area contributed by atoms with E-state index in [0.29, 0.717) is 11.3 Å². The minimum atomic E-state index is -1.09. The van der Waals surface area contributed by atoms with Crippen molar-refractivity contribution < 1.29 is 19.7 Å². The lowest BCUT2D eigenvalue weighted by Gasteiger charge is -2.39. The van der Waals surface area contributed by atoms with Crippen molar-refractivity contribution in [2.24, 2.45) is 0 Å². The van der Waals surface area contributed by atoms with Crippen molar-refractivity contribution in [2.75, 3.05) is 19.7 Å². The quantitative estimate of drug-likeness (QED) is 0.847. The molecule has 3 rings (SSSR count). The van der Waals surface area contributed by atoms with Crippen LogP contribution in [0.15, 0.2) is 18.2 Å². The van der Waals surface area contributed by atoms with Gasteiger partial charge in [-0.25, -0.2) is 4.79 Å². The van der Waals surface area contributed by atoms with Gasteiger partial charge in [0.1, 0.15) is 18.1 Å². The Morgan fingerprint density at radius 2 is 2.00 bits per heavy atom. The maximum atomic E-state index is 11.9. The largest absolute Gasteiger partial charge is 0.508 e. The first-order chi connectivity index (χ1) is 9.14. The maximum Gasteiger partial charge on any atom is 0.332 e. The Labute approximate surface area is 111 Å². The second kappa shape index (κ2) is 4.42. The van der Waals surface area contributed by atoms with Crippen molar-refractivity contribution >= 4 is 5.97 Å². The first-order valence-corrected chi connectivity index (χ1v) is 6.59. The van der Waals surface area contributed by atoms with Crippen LogP contribution in [0.3, 0.4) is 0 Å². The highest BCUT2D eigenvalue weighted by molar-refractivity contribution is 5.83. The SMILES string of the molecule is O=C(O)C1(N2CCCCC2)COc2cc(O)ccc21. The molecule has 0 bridgehead atoms. The Morgan fingerprint density at radius 3 is 2.68 bits per heavy atom. The molecule has 0 amide bonds. The highest BCUT2D eigenvalue weighted by Gasteiger charge is 2.52. The number of phenols is 1. The van der Waals surface area contributed by atoms with E-state index in [9.17, 15) is 15.0 Å². The molecule has 1 aromatic rings. The van der Waals surface area contributed by atoms with Gasteiger partial charge in [-0.05, 0) is 38.1 Å². The number of ether oxygens (including phenoxy) is 1. The van der Waals surface area contributed by atoms with Crippen molar-refractivity contribution in [1.82, 2.24) is 4.90 Å². The van der Waals surface area contributed by atoms with Crippen molar-refractivity contribution in [3.63, 3.8) is 0 Å². The molecule has 5 nitrogen and oxygen atoms in total. The molecule has 0 radical (unpaired) electrons. The summed E-state index contributed by atoms with van der Waals surface area (Å²) in [4.78, 5) is 13.9. The van der Waals surface area contributed by atoms with Gasteiger partial charge < -0.3 is 14.9 Å². The van der Waals surface area contributed by atoms with Crippen LogP contribution in [0.1, 0.15) is 24.8 Å². The third-order valence-electron chi connectivity index (χ3n) is 4.10. The van der Waals surface area contributed by atoms with Gasteiger partial charge in [-0.2, -0.15) is 0 Å². The number of hydrogen-bond donors (Lipinski definition) is 2. The number of hydrogen-bond acceptors (Lipinski definition) is 4. The number of carboxylic acid groups (broad SMARTS) is 1. The van der Waals surface area contributed by atoms with E-state index < -0.39 is 11.5 Å². The summed E-state index contributed by atoms with van der Waals surface area (Å²) >= 11 is 0. The molecule has 2 aliphatic rings. The number of carbonyl (C=O) groups is 1. The summed E-state index contributed by atoms with van der Waals surface area (Å²) in [7, 11) is 0. The van der Waals surface area contributed by atoms with E-state index in [1.165, 1.54) is 12.1 Å². The van der Waals surface area contributed by atoms with Gasteiger partial charge in [0.15, 0.2) is 5.54 Å². The smallest absolute Gasteiger partial charge is 0.332 e. The van der Waals surface area contributed by atoms with Gasteiger partial charge in [-0.3, -0.25) is 4.90 Å². The molecule has 0 aromatic heterocycles. The van der Waals surface area contributed by atoms with Crippen LogP contribution in [0.25, 0.3) is 0 Å². The fourth-order valence-electron chi connectivity index (χ4n) is 3.08. The summed E-state index contributed by atoms with van der Waals surface area (Å²) in [6.07, 6.45) is 3.18. The van der Waals surface area contributed by atoms with Crippen LogP contribution < -0.4 is 4.74 Å². The van der Waals surface area contributed by atoms with Crippen molar-refractivity contribution in [1.29, 1.82) is 0 Å². The summed E-state index contributed by atoms with van der Waals surface area (Å²) in [5.41, 5.74) is -0.441. The molecule has 0 spiro atoms. The minimum absolute atomic E-state index is 0.0959. The van der Waals surface area contributed by atoms with Gasteiger partial charge in [-0.15, -0.1) is 0 Å². The van der Waals surface area contributed by atoms with E-state index in [-0.39, 0.29) is 12.4 Å². The van der Waals surface area contributed by atoms with Crippen LogP contribution in [0.2, 0.25) is 0 Å². The van der Waals surface area contributed by atoms with E-state index in [4.69, 9.17) is 4.74 Å². The molecule has 2 aliphatic heterocycles. The lowest BCUT2D eigenvalue weighted by Crippen LogP contribution is -2.55. The molecule has 102 valence electrons. The van der Waals surface area contributed by atoms with Gasteiger partial charge >= 0.3 is 5.97 Å². The Balaban J connectivity index is 2.06. The number of fused-ring (bicyclic) bond motifs is 1. The zero-order chi connectivity index (χ0) is 13.5. The van der Waals surface area contributed by atoms with Gasteiger partial charge in [0, 0.05) is 11.6 Å². The first kappa shape index (κ1) is 12.3. The Bertz CT molecular complexity index is 510. The van der Waals surface area contributed by atoms with Crippen LogP contribution in [0.4, 0.5) is 0 Å². The number of piperidine rings is 1. The lowest BCUT2D eigenvalue weighted by molar-refractivity contribution is -0.154. The molecule has 2 heterocycles. The Morgan fingerprint density at radius 1 is 1.26 bits per heavy atom. The number of phenolic OH excluding ortho intramolecular Hbond substituents is 1. The molecule has 2 N–H and O–H groups in total. The summed E-state index contributed by atoms with van der Waals surface area (Å²) < 4.78 is 5.53. The Hall–Kier alpha value is -1.75. The highest BCUT2D eigenvalue weighted by atomic mass is 16.5. The minimum Gasteiger partial charge on any atom is -0.508 e. The predicted molar refractivity (Wildman–Crippen MR) is 68.3 cm³/mol. The van der Waals surface area contributed by atoms with Crippen LogP contribution in [0.5, 0.6) is 11.5 Å². The van der Waals surface area contributed by atoms with Gasteiger partial charge in [0.25, 0.3) is 0 Å². The first-order valence-electron chi connectivity index (χ1n) is 6.59. The third kappa shape index (κ3) is 1.76. The summed E-state index contributed by atoms with van der Waals surface area (Å²) in [5, 5.41) is 19.2. The molecule has 1 fully saturated rings. The van der Waals surface area contributed by atoms with E-state index in [2.05, 4.69) is 0 Å². The highest BCUT2D eigenvalue weighted by Crippen LogP contribution is 2.44.